The summed E-state index contributed by atoms with van der Waals surface area (Å²) < 4.78 is 4.51. The van der Waals surface area contributed by atoms with Crippen molar-refractivity contribution in [3.63, 3.8) is 0 Å². The van der Waals surface area contributed by atoms with Gasteiger partial charge < -0.3 is 14.8 Å². The van der Waals surface area contributed by atoms with E-state index in [1.807, 2.05) is 0 Å². The van der Waals surface area contributed by atoms with E-state index in [1.165, 1.54) is 18.0 Å². The van der Waals surface area contributed by atoms with E-state index in [1.54, 1.807) is 0 Å². The maximum Gasteiger partial charge on any atom is 0.373 e. The summed E-state index contributed by atoms with van der Waals surface area (Å²) >= 11 is 1.35. The third-order valence-electron chi connectivity index (χ3n) is 3.31. The van der Waals surface area contributed by atoms with Gasteiger partial charge in [0.2, 0.25) is 11.7 Å². The zero-order chi connectivity index (χ0) is 12.0. The number of amides is 1. The Bertz CT molecular complexity index is 502. The second-order valence-corrected chi connectivity index (χ2v) is 5.76. The molecule has 0 unspecified atom stereocenters. The molecule has 1 aliphatic carbocycles. The third kappa shape index (κ3) is 1.47. The van der Waals surface area contributed by atoms with Crippen LogP contribution in [0.1, 0.15) is 36.2 Å². The van der Waals surface area contributed by atoms with E-state index in [4.69, 9.17) is 9.52 Å². The highest BCUT2D eigenvalue weighted by atomic mass is 32.2. The number of hydrogen-bond donors (Lipinski definition) is 2. The molecule has 0 radical (unpaired) electrons. The van der Waals surface area contributed by atoms with Crippen LogP contribution in [0.25, 0.3) is 0 Å². The van der Waals surface area contributed by atoms with Crippen LogP contribution in [-0.2, 0) is 4.79 Å². The zero-order valence-electron chi connectivity index (χ0n) is 8.99. The lowest BCUT2D eigenvalue weighted by Gasteiger charge is -2.30. The van der Waals surface area contributed by atoms with Crippen LogP contribution in [0.15, 0.2) is 15.6 Å². The lowest BCUT2D eigenvalue weighted by molar-refractivity contribution is -0.118. The minimum Gasteiger partial charge on any atom is -0.475 e. The highest BCUT2D eigenvalue weighted by Crippen LogP contribution is 2.52. The number of carboxylic acid groups (broad SMARTS) is 1. The van der Waals surface area contributed by atoms with Crippen LogP contribution < -0.4 is 5.32 Å². The first-order valence-corrected chi connectivity index (χ1v) is 6.29. The van der Waals surface area contributed by atoms with Crippen LogP contribution >= 0.6 is 11.8 Å². The molecule has 3 rings (SSSR count). The summed E-state index contributed by atoms with van der Waals surface area (Å²) in [5.74, 6) is -1.19. The molecule has 0 aromatic carbocycles. The molecular formula is C11H11NO4S. The number of rotatable bonds is 1. The molecule has 1 aliphatic heterocycles. The van der Waals surface area contributed by atoms with Gasteiger partial charge >= 0.3 is 5.97 Å². The molecule has 0 bridgehead atoms. The van der Waals surface area contributed by atoms with Gasteiger partial charge in [-0.2, -0.15) is 0 Å². The van der Waals surface area contributed by atoms with Crippen LogP contribution in [-0.4, -0.2) is 21.7 Å². The molecule has 90 valence electrons. The van der Waals surface area contributed by atoms with Gasteiger partial charge in [0, 0.05) is 0 Å². The molecule has 1 amide bonds. The monoisotopic (exact) mass is 253 g/mol. The highest BCUT2D eigenvalue weighted by Gasteiger charge is 2.47. The van der Waals surface area contributed by atoms with E-state index in [-0.39, 0.29) is 11.7 Å². The second-order valence-electron chi connectivity index (χ2n) is 4.37. The molecule has 2 aliphatic rings. The standard InChI is InChI=1S/C11H11NO4S/c13-9(14)7-8-6(5-16-7)12-10(15)11(17-8)3-1-2-4-11/h5H,1-4H2,(H,12,15)(H,13,14). The maximum atomic E-state index is 12.0. The number of furan rings is 1. The molecule has 5 nitrogen and oxygen atoms in total. The number of aromatic carboxylic acids is 1. The minimum atomic E-state index is -1.09. The van der Waals surface area contributed by atoms with Crippen LogP contribution in [0.2, 0.25) is 0 Å². The Morgan fingerprint density at radius 1 is 1.47 bits per heavy atom. The number of fused-ring (bicyclic) bond motifs is 1. The van der Waals surface area contributed by atoms with Crippen molar-refractivity contribution in [3.8, 4) is 0 Å². The van der Waals surface area contributed by atoms with Crippen molar-refractivity contribution >= 4 is 29.3 Å². The first kappa shape index (κ1) is 10.7. The van der Waals surface area contributed by atoms with E-state index >= 15 is 0 Å². The summed E-state index contributed by atoms with van der Waals surface area (Å²) in [5.41, 5.74) is 0.481. The number of hydrogen-bond acceptors (Lipinski definition) is 4. The molecule has 6 heteroatoms. The van der Waals surface area contributed by atoms with Gasteiger partial charge in [-0.3, -0.25) is 4.79 Å². The van der Waals surface area contributed by atoms with Crippen molar-refractivity contribution in [3.05, 3.63) is 12.0 Å². The fraction of sp³-hybridized carbons (Fsp3) is 0.455. The summed E-state index contributed by atoms with van der Waals surface area (Å²) in [6.07, 6.45) is 4.91. The van der Waals surface area contributed by atoms with Gasteiger partial charge in [-0.1, -0.05) is 12.8 Å². The number of thioether (sulfide) groups is 1. The molecule has 1 aromatic rings. The number of nitrogens with one attached hydrogen (secondary N) is 1. The second kappa shape index (κ2) is 3.53. The minimum absolute atomic E-state index is 0.0229. The van der Waals surface area contributed by atoms with Gasteiger partial charge in [0.05, 0.1) is 15.3 Å². The highest BCUT2D eigenvalue weighted by molar-refractivity contribution is 8.01. The fourth-order valence-corrected chi connectivity index (χ4v) is 3.90. The molecule has 0 atom stereocenters. The molecule has 2 heterocycles. The largest absolute Gasteiger partial charge is 0.475 e. The first-order chi connectivity index (χ1) is 8.12. The van der Waals surface area contributed by atoms with Crippen molar-refractivity contribution in [2.45, 2.75) is 35.3 Å². The molecule has 1 aromatic heterocycles. The molecule has 2 N–H and O–H groups in total. The van der Waals surface area contributed by atoms with Crippen molar-refractivity contribution in [2.75, 3.05) is 5.32 Å². The van der Waals surface area contributed by atoms with Crippen molar-refractivity contribution in [1.29, 1.82) is 0 Å². The van der Waals surface area contributed by atoms with Gasteiger partial charge in [-0.25, -0.2) is 4.79 Å². The van der Waals surface area contributed by atoms with E-state index in [2.05, 4.69) is 5.32 Å². The van der Waals surface area contributed by atoms with Crippen molar-refractivity contribution in [1.82, 2.24) is 0 Å². The number of carbonyl (C=O) groups excluding carboxylic acids is 1. The van der Waals surface area contributed by atoms with Crippen LogP contribution in [0.5, 0.6) is 0 Å². The number of carboxylic acids is 1. The Kier molecular flexibility index (Phi) is 2.22. The Balaban J connectivity index is 2.04. The van der Waals surface area contributed by atoms with E-state index in [0.29, 0.717) is 10.6 Å². The molecule has 17 heavy (non-hydrogen) atoms. The average molecular weight is 253 g/mol. The van der Waals surface area contributed by atoms with Crippen molar-refractivity contribution in [2.24, 2.45) is 0 Å². The average Bonchev–Trinajstić information content (AvgIpc) is 2.87. The molecular weight excluding hydrogens is 242 g/mol. The van der Waals surface area contributed by atoms with Gasteiger partial charge in [-0.15, -0.1) is 11.8 Å². The molecule has 1 saturated carbocycles. The Hall–Kier alpha value is -1.43. The van der Waals surface area contributed by atoms with Crippen LogP contribution in [0.3, 0.4) is 0 Å². The molecule has 1 fully saturated rings. The van der Waals surface area contributed by atoms with E-state index < -0.39 is 10.7 Å². The van der Waals surface area contributed by atoms with E-state index in [9.17, 15) is 9.59 Å². The van der Waals surface area contributed by atoms with Gasteiger partial charge in [0.1, 0.15) is 6.26 Å². The zero-order valence-corrected chi connectivity index (χ0v) is 9.80. The summed E-state index contributed by atoms with van der Waals surface area (Å²) in [6, 6.07) is 0. The van der Waals surface area contributed by atoms with Crippen molar-refractivity contribution < 1.29 is 19.1 Å². The lowest BCUT2D eigenvalue weighted by atomic mass is 10.1. The Morgan fingerprint density at radius 2 is 2.18 bits per heavy atom. The quantitative estimate of drug-likeness (QED) is 0.803. The van der Waals surface area contributed by atoms with Gasteiger partial charge in [0.25, 0.3) is 0 Å². The fourth-order valence-electron chi connectivity index (χ4n) is 2.44. The topological polar surface area (TPSA) is 79.5 Å². The van der Waals surface area contributed by atoms with E-state index in [0.717, 1.165) is 25.7 Å². The normalized spacial score (nSPS) is 21.3. The summed E-state index contributed by atoms with van der Waals surface area (Å²) in [6.45, 7) is 0. The maximum absolute atomic E-state index is 12.0. The van der Waals surface area contributed by atoms with Crippen LogP contribution in [0, 0.1) is 0 Å². The van der Waals surface area contributed by atoms with Gasteiger partial charge in [0.15, 0.2) is 0 Å². The predicted octanol–water partition coefficient (Wildman–Crippen LogP) is 2.33. The SMILES string of the molecule is O=C(O)c1occ2c1SC1(CCCC1)C(=O)N2. The van der Waals surface area contributed by atoms with Gasteiger partial charge in [-0.05, 0) is 12.8 Å². The van der Waals surface area contributed by atoms with Crippen LogP contribution in [0.4, 0.5) is 5.69 Å². The Morgan fingerprint density at radius 3 is 2.82 bits per heavy atom. The third-order valence-corrected chi connectivity index (χ3v) is 4.90. The summed E-state index contributed by atoms with van der Waals surface area (Å²) in [5, 5.41) is 11.8. The number of carbonyl (C=O) groups is 2. The molecule has 1 spiro atoms. The molecule has 0 saturated heterocycles. The lowest BCUT2D eigenvalue weighted by Crippen LogP contribution is -2.40. The first-order valence-electron chi connectivity index (χ1n) is 5.48. The Labute approximate surface area is 102 Å². The smallest absolute Gasteiger partial charge is 0.373 e. The predicted molar refractivity (Wildman–Crippen MR) is 61.4 cm³/mol. The summed E-state index contributed by atoms with van der Waals surface area (Å²) in [4.78, 5) is 23.6. The number of anilines is 1. The summed E-state index contributed by atoms with van der Waals surface area (Å²) in [7, 11) is 0.